The van der Waals surface area contributed by atoms with Crippen LogP contribution in [0.5, 0.6) is 0 Å². The van der Waals surface area contributed by atoms with Crippen LogP contribution in [0, 0.1) is 0 Å². The molecule has 1 rings (SSSR count). The molecule has 1 amide bonds. The normalized spacial score (nSPS) is 18.5. The predicted octanol–water partition coefficient (Wildman–Crippen LogP) is 1.68. The summed E-state index contributed by atoms with van der Waals surface area (Å²) < 4.78 is 0. The number of nitrogens with zero attached hydrogens (tertiary/aromatic N) is 1. The van der Waals surface area contributed by atoms with Crippen LogP contribution in [0.1, 0.15) is 26.7 Å². The molecule has 2 N–H and O–H groups in total. The van der Waals surface area contributed by atoms with E-state index >= 15 is 0 Å². The van der Waals surface area contributed by atoms with Crippen molar-refractivity contribution in [1.29, 1.82) is 0 Å². The van der Waals surface area contributed by atoms with Gasteiger partial charge in [-0.2, -0.15) is 0 Å². The van der Waals surface area contributed by atoms with Crippen LogP contribution >= 0.6 is 0 Å². The first-order chi connectivity index (χ1) is 7.08. The molecular formula is C11H20N2O2. The van der Waals surface area contributed by atoms with Crippen molar-refractivity contribution in [3.63, 3.8) is 0 Å². The molecule has 0 unspecified atom stereocenters. The third kappa shape index (κ3) is 4.83. The third-order valence-electron chi connectivity index (χ3n) is 2.67. The molecule has 1 aliphatic rings. The molecule has 0 atom stereocenters. The zero-order valence-corrected chi connectivity index (χ0v) is 9.49. The molecule has 15 heavy (non-hydrogen) atoms. The van der Waals surface area contributed by atoms with Gasteiger partial charge >= 0.3 is 6.09 Å². The fraction of sp³-hybridized carbons (Fsp3) is 0.727. The molecule has 0 radical (unpaired) electrons. The number of rotatable bonds is 3. The number of piperidine rings is 1. The minimum Gasteiger partial charge on any atom is -0.465 e. The molecule has 86 valence electrons. The molecule has 1 fully saturated rings. The van der Waals surface area contributed by atoms with E-state index in [1.165, 1.54) is 5.57 Å². The highest BCUT2D eigenvalue weighted by Gasteiger charge is 2.19. The van der Waals surface area contributed by atoms with Crippen molar-refractivity contribution in [3.8, 4) is 0 Å². The Morgan fingerprint density at radius 3 is 2.53 bits per heavy atom. The lowest BCUT2D eigenvalue weighted by Crippen LogP contribution is -2.44. The summed E-state index contributed by atoms with van der Waals surface area (Å²) >= 11 is 0. The lowest BCUT2D eigenvalue weighted by atomic mass is 10.1. The Bertz CT molecular complexity index is 239. The van der Waals surface area contributed by atoms with E-state index in [-0.39, 0.29) is 6.04 Å². The van der Waals surface area contributed by atoms with Crippen molar-refractivity contribution in [1.82, 2.24) is 10.2 Å². The van der Waals surface area contributed by atoms with Gasteiger partial charge in [0, 0.05) is 25.7 Å². The van der Waals surface area contributed by atoms with Gasteiger partial charge in [-0.15, -0.1) is 0 Å². The van der Waals surface area contributed by atoms with E-state index in [1.807, 2.05) is 0 Å². The molecule has 0 aromatic carbocycles. The van der Waals surface area contributed by atoms with Crippen molar-refractivity contribution in [2.24, 2.45) is 0 Å². The Hall–Kier alpha value is -1.03. The smallest absolute Gasteiger partial charge is 0.404 e. The molecule has 0 aliphatic carbocycles. The zero-order valence-electron chi connectivity index (χ0n) is 9.49. The summed E-state index contributed by atoms with van der Waals surface area (Å²) in [6, 6.07) is 0.144. The summed E-state index contributed by atoms with van der Waals surface area (Å²) in [6.45, 7) is 7.14. The molecule has 4 heteroatoms. The van der Waals surface area contributed by atoms with Crippen LogP contribution in [0.4, 0.5) is 4.79 Å². The molecule has 4 nitrogen and oxygen atoms in total. The van der Waals surface area contributed by atoms with Crippen LogP contribution in [0.15, 0.2) is 11.6 Å². The van der Waals surface area contributed by atoms with Gasteiger partial charge in [0.05, 0.1) is 0 Å². The van der Waals surface area contributed by atoms with Gasteiger partial charge in [0.25, 0.3) is 0 Å². The lowest BCUT2D eigenvalue weighted by Gasteiger charge is -2.31. The van der Waals surface area contributed by atoms with Gasteiger partial charge in [-0.05, 0) is 26.7 Å². The molecule has 0 aromatic heterocycles. The van der Waals surface area contributed by atoms with Gasteiger partial charge in [-0.25, -0.2) is 4.79 Å². The van der Waals surface area contributed by atoms with E-state index in [9.17, 15) is 4.79 Å². The highest BCUT2D eigenvalue weighted by atomic mass is 16.4. The van der Waals surface area contributed by atoms with Crippen LogP contribution in [0.3, 0.4) is 0 Å². The number of carboxylic acid groups (broad SMARTS) is 1. The van der Waals surface area contributed by atoms with Crippen molar-refractivity contribution >= 4 is 6.09 Å². The molecular weight excluding hydrogens is 192 g/mol. The average molecular weight is 212 g/mol. The monoisotopic (exact) mass is 212 g/mol. The molecule has 1 heterocycles. The molecule has 0 bridgehead atoms. The Morgan fingerprint density at radius 1 is 1.47 bits per heavy atom. The van der Waals surface area contributed by atoms with Crippen LogP contribution in [0.2, 0.25) is 0 Å². The molecule has 0 saturated carbocycles. The number of nitrogens with one attached hydrogen (secondary N) is 1. The standard InChI is InChI=1S/C11H20N2O2/c1-9(2)3-6-13-7-4-10(5-8-13)12-11(14)15/h3,10,12H,4-8H2,1-2H3,(H,14,15). The van der Waals surface area contributed by atoms with Crippen molar-refractivity contribution in [3.05, 3.63) is 11.6 Å². The summed E-state index contributed by atoms with van der Waals surface area (Å²) in [4.78, 5) is 12.8. The van der Waals surface area contributed by atoms with Gasteiger partial charge in [0.1, 0.15) is 0 Å². The molecule has 0 aromatic rings. The lowest BCUT2D eigenvalue weighted by molar-refractivity contribution is 0.173. The fourth-order valence-corrected chi connectivity index (χ4v) is 1.75. The summed E-state index contributed by atoms with van der Waals surface area (Å²) in [5, 5.41) is 11.1. The molecule has 0 spiro atoms. The Labute approximate surface area is 91.0 Å². The first kappa shape index (κ1) is 12.0. The number of amides is 1. The molecule has 1 saturated heterocycles. The Balaban J connectivity index is 2.23. The van der Waals surface area contributed by atoms with E-state index in [0.29, 0.717) is 0 Å². The SMILES string of the molecule is CC(C)=CCN1CCC(NC(=O)O)CC1. The average Bonchev–Trinajstić information content (AvgIpc) is 2.16. The first-order valence-electron chi connectivity index (χ1n) is 5.43. The van der Waals surface area contributed by atoms with Gasteiger partial charge in [0.2, 0.25) is 0 Å². The summed E-state index contributed by atoms with van der Waals surface area (Å²) in [5.41, 5.74) is 1.33. The number of hydrogen-bond donors (Lipinski definition) is 2. The highest BCUT2D eigenvalue weighted by molar-refractivity contribution is 5.64. The van der Waals surface area contributed by atoms with Gasteiger partial charge < -0.3 is 10.4 Å². The maximum absolute atomic E-state index is 10.4. The summed E-state index contributed by atoms with van der Waals surface area (Å²) in [7, 11) is 0. The van der Waals surface area contributed by atoms with Gasteiger partial charge in [-0.3, -0.25) is 4.90 Å². The van der Waals surface area contributed by atoms with E-state index in [2.05, 4.69) is 30.1 Å². The van der Waals surface area contributed by atoms with E-state index in [4.69, 9.17) is 5.11 Å². The van der Waals surface area contributed by atoms with Crippen LogP contribution < -0.4 is 5.32 Å². The Morgan fingerprint density at radius 2 is 2.07 bits per heavy atom. The second-order valence-electron chi connectivity index (χ2n) is 4.31. The third-order valence-corrected chi connectivity index (χ3v) is 2.67. The minimum atomic E-state index is -0.905. The van der Waals surface area contributed by atoms with E-state index < -0.39 is 6.09 Å². The van der Waals surface area contributed by atoms with E-state index in [0.717, 1.165) is 32.5 Å². The van der Waals surface area contributed by atoms with Crippen LogP contribution in [0.25, 0.3) is 0 Å². The first-order valence-corrected chi connectivity index (χ1v) is 5.43. The largest absolute Gasteiger partial charge is 0.465 e. The maximum atomic E-state index is 10.4. The molecule has 1 aliphatic heterocycles. The quantitative estimate of drug-likeness (QED) is 0.700. The number of hydrogen-bond acceptors (Lipinski definition) is 2. The minimum absolute atomic E-state index is 0.144. The fourth-order valence-electron chi connectivity index (χ4n) is 1.75. The highest BCUT2D eigenvalue weighted by Crippen LogP contribution is 2.10. The van der Waals surface area contributed by atoms with E-state index in [1.54, 1.807) is 0 Å². The van der Waals surface area contributed by atoms with Crippen LogP contribution in [-0.2, 0) is 0 Å². The summed E-state index contributed by atoms with van der Waals surface area (Å²) in [6.07, 6.45) is 3.15. The number of likely N-dealkylation sites (tertiary alicyclic amines) is 1. The number of allylic oxidation sites excluding steroid dienone is 1. The zero-order chi connectivity index (χ0) is 11.3. The van der Waals surface area contributed by atoms with Gasteiger partial charge in [0.15, 0.2) is 0 Å². The predicted molar refractivity (Wildman–Crippen MR) is 60.1 cm³/mol. The number of carbonyl (C=O) groups is 1. The summed E-state index contributed by atoms with van der Waals surface area (Å²) in [5.74, 6) is 0. The van der Waals surface area contributed by atoms with Crippen LogP contribution in [-0.4, -0.2) is 41.8 Å². The van der Waals surface area contributed by atoms with Gasteiger partial charge in [-0.1, -0.05) is 11.6 Å². The van der Waals surface area contributed by atoms with Crippen molar-refractivity contribution in [2.75, 3.05) is 19.6 Å². The second kappa shape index (κ2) is 5.75. The maximum Gasteiger partial charge on any atom is 0.404 e. The topological polar surface area (TPSA) is 52.6 Å². The van der Waals surface area contributed by atoms with Crippen molar-refractivity contribution < 1.29 is 9.90 Å². The second-order valence-corrected chi connectivity index (χ2v) is 4.31. The van der Waals surface area contributed by atoms with Crippen molar-refractivity contribution in [2.45, 2.75) is 32.7 Å². The Kier molecular flexibility index (Phi) is 4.62.